The van der Waals surface area contributed by atoms with Crippen molar-refractivity contribution in [2.45, 2.75) is 31.7 Å². The van der Waals surface area contributed by atoms with Crippen molar-refractivity contribution in [3.05, 3.63) is 47.6 Å². The largest absolute Gasteiger partial charge is 0.339 e. The van der Waals surface area contributed by atoms with Gasteiger partial charge in [0.05, 0.1) is 0 Å². The summed E-state index contributed by atoms with van der Waals surface area (Å²) in [6.45, 7) is 3.38. The van der Waals surface area contributed by atoms with Crippen molar-refractivity contribution in [1.82, 2.24) is 15.0 Å². The maximum absolute atomic E-state index is 12.2. The summed E-state index contributed by atoms with van der Waals surface area (Å²) in [4.78, 5) is 18.6. The van der Waals surface area contributed by atoms with Crippen molar-refractivity contribution in [2.24, 2.45) is 0 Å². The van der Waals surface area contributed by atoms with Gasteiger partial charge >= 0.3 is 0 Å². The highest BCUT2D eigenvalue weighted by molar-refractivity contribution is 7.98. The Balaban J connectivity index is 1.65. The van der Waals surface area contributed by atoms with Gasteiger partial charge in [-0.25, -0.2) is 0 Å². The van der Waals surface area contributed by atoms with Crippen molar-refractivity contribution in [2.75, 3.05) is 18.6 Å². The Hall–Kier alpha value is -1.82. The lowest BCUT2D eigenvalue weighted by Crippen LogP contribution is -2.24. The Morgan fingerprint density at radius 3 is 2.91 bits per heavy atom. The van der Waals surface area contributed by atoms with E-state index in [0.29, 0.717) is 31.2 Å². The molecule has 1 amide bonds. The Morgan fingerprint density at radius 1 is 1.39 bits per heavy atom. The van der Waals surface area contributed by atoms with Crippen molar-refractivity contribution in [3.8, 4) is 0 Å². The summed E-state index contributed by atoms with van der Waals surface area (Å²) in [5.74, 6) is 2.71. The van der Waals surface area contributed by atoms with Gasteiger partial charge in [-0.3, -0.25) is 4.79 Å². The molecule has 0 saturated carbocycles. The SMILES string of the molecule is CSC[C@H](C)c1nc([C@H]2CC(=O)N(Cc3ccccc3)C2)no1. The maximum atomic E-state index is 12.2. The van der Waals surface area contributed by atoms with Gasteiger partial charge in [0.1, 0.15) is 0 Å². The van der Waals surface area contributed by atoms with Gasteiger partial charge in [-0.1, -0.05) is 42.4 Å². The molecule has 1 saturated heterocycles. The Kier molecular flexibility index (Phi) is 5.00. The zero-order chi connectivity index (χ0) is 16.2. The molecule has 0 bridgehead atoms. The van der Waals surface area contributed by atoms with Crippen LogP contribution in [-0.4, -0.2) is 39.5 Å². The molecule has 0 aliphatic carbocycles. The minimum absolute atomic E-state index is 0.0326. The molecule has 0 radical (unpaired) electrons. The Morgan fingerprint density at radius 2 is 2.17 bits per heavy atom. The zero-order valence-corrected chi connectivity index (χ0v) is 14.3. The third kappa shape index (κ3) is 3.75. The van der Waals surface area contributed by atoms with Gasteiger partial charge in [-0.2, -0.15) is 16.7 Å². The first kappa shape index (κ1) is 16.1. The topological polar surface area (TPSA) is 59.2 Å². The summed E-state index contributed by atoms with van der Waals surface area (Å²) in [7, 11) is 0. The van der Waals surface area contributed by atoms with Gasteiger partial charge < -0.3 is 9.42 Å². The lowest BCUT2D eigenvalue weighted by Gasteiger charge is -2.15. The predicted octanol–water partition coefficient (Wildman–Crippen LogP) is 3.05. The Labute approximate surface area is 140 Å². The van der Waals surface area contributed by atoms with E-state index in [1.165, 1.54) is 0 Å². The van der Waals surface area contributed by atoms with E-state index < -0.39 is 0 Å². The third-order valence-electron chi connectivity index (χ3n) is 4.09. The monoisotopic (exact) mass is 331 g/mol. The van der Waals surface area contributed by atoms with Gasteiger partial charge in [0.2, 0.25) is 11.8 Å². The van der Waals surface area contributed by atoms with E-state index >= 15 is 0 Å². The number of hydrogen-bond donors (Lipinski definition) is 0. The molecule has 1 aromatic heterocycles. The first-order valence-electron chi connectivity index (χ1n) is 7.81. The fourth-order valence-electron chi connectivity index (χ4n) is 2.84. The van der Waals surface area contributed by atoms with Gasteiger partial charge in [0, 0.05) is 37.1 Å². The molecular formula is C17H21N3O2S. The van der Waals surface area contributed by atoms with Gasteiger partial charge in [0.15, 0.2) is 5.82 Å². The van der Waals surface area contributed by atoms with Crippen LogP contribution in [0.4, 0.5) is 0 Å². The number of nitrogens with zero attached hydrogens (tertiary/aromatic N) is 3. The molecule has 2 aromatic rings. The molecule has 1 aromatic carbocycles. The predicted molar refractivity (Wildman–Crippen MR) is 90.3 cm³/mol. The zero-order valence-electron chi connectivity index (χ0n) is 13.4. The van der Waals surface area contributed by atoms with Crippen LogP contribution in [0, 0.1) is 0 Å². The molecule has 1 aliphatic rings. The number of hydrogen-bond acceptors (Lipinski definition) is 5. The lowest BCUT2D eigenvalue weighted by molar-refractivity contribution is -0.128. The van der Waals surface area contributed by atoms with E-state index in [1.54, 1.807) is 11.8 Å². The molecule has 1 fully saturated rings. The average molecular weight is 331 g/mol. The van der Waals surface area contributed by atoms with Crippen LogP contribution in [0.25, 0.3) is 0 Å². The molecule has 3 rings (SSSR count). The molecule has 2 heterocycles. The standard InChI is InChI=1S/C17H21N3O2S/c1-12(11-23-2)17-18-16(19-22-17)14-8-15(21)20(10-14)9-13-6-4-3-5-7-13/h3-7,12,14H,8-11H2,1-2H3/t12-,14-/m0/s1. The van der Waals surface area contributed by atoms with E-state index in [-0.39, 0.29) is 17.7 Å². The van der Waals surface area contributed by atoms with E-state index in [9.17, 15) is 4.79 Å². The number of amides is 1. The summed E-state index contributed by atoms with van der Waals surface area (Å²) in [5, 5.41) is 4.10. The quantitative estimate of drug-likeness (QED) is 0.814. The molecule has 1 aliphatic heterocycles. The lowest BCUT2D eigenvalue weighted by atomic mass is 10.1. The molecular weight excluding hydrogens is 310 g/mol. The second-order valence-electron chi connectivity index (χ2n) is 6.01. The highest BCUT2D eigenvalue weighted by Crippen LogP contribution is 2.28. The number of carbonyl (C=O) groups is 1. The van der Waals surface area contributed by atoms with E-state index in [2.05, 4.69) is 23.3 Å². The van der Waals surface area contributed by atoms with Crippen molar-refractivity contribution in [3.63, 3.8) is 0 Å². The number of likely N-dealkylation sites (tertiary alicyclic amines) is 1. The van der Waals surface area contributed by atoms with Crippen molar-refractivity contribution >= 4 is 17.7 Å². The van der Waals surface area contributed by atoms with Crippen LogP contribution in [-0.2, 0) is 11.3 Å². The number of benzene rings is 1. The van der Waals surface area contributed by atoms with Gasteiger partial charge in [0.25, 0.3) is 0 Å². The highest BCUT2D eigenvalue weighted by Gasteiger charge is 2.33. The normalized spacial score (nSPS) is 19.3. The fourth-order valence-corrected chi connectivity index (χ4v) is 3.48. The van der Waals surface area contributed by atoms with Crippen LogP contribution in [0.1, 0.15) is 42.5 Å². The fraction of sp³-hybridized carbons (Fsp3) is 0.471. The van der Waals surface area contributed by atoms with Crippen molar-refractivity contribution < 1.29 is 9.32 Å². The summed E-state index contributed by atoms with van der Waals surface area (Å²) in [6, 6.07) is 10.0. The molecule has 23 heavy (non-hydrogen) atoms. The average Bonchev–Trinajstić information content (AvgIpc) is 3.16. The summed E-state index contributed by atoms with van der Waals surface area (Å²) in [5.41, 5.74) is 1.14. The molecule has 2 atom stereocenters. The number of carbonyl (C=O) groups excluding carboxylic acids is 1. The summed E-state index contributed by atoms with van der Waals surface area (Å²) in [6.07, 6.45) is 2.52. The molecule has 6 heteroatoms. The van der Waals surface area contributed by atoms with E-state index in [1.807, 2.05) is 35.2 Å². The van der Waals surface area contributed by atoms with Crippen LogP contribution in [0.5, 0.6) is 0 Å². The highest BCUT2D eigenvalue weighted by atomic mass is 32.2. The van der Waals surface area contributed by atoms with E-state index in [0.717, 1.165) is 11.3 Å². The van der Waals surface area contributed by atoms with Crippen LogP contribution in [0.2, 0.25) is 0 Å². The smallest absolute Gasteiger partial charge is 0.230 e. The first-order chi connectivity index (χ1) is 11.2. The molecule has 5 nitrogen and oxygen atoms in total. The maximum Gasteiger partial charge on any atom is 0.230 e. The number of thioether (sulfide) groups is 1. The first-order valence-corrected chi connectivity index (χ1v) is 9.21. The summed E-state index contributed by atoms with van der Waals surface area (Å²) < 4.78 is 5.38. The molecule has 0 N–H and O–H groups in total. The number of aromatic nitrogens is 2. The molecule has 0 unspecified atom stereocenters. The van der Waals surface area contributed by atoms with Gasteiger partial charge in [-0.15, -0.1) is 0 Å². The number of rotatable bonds is 6. The second-order valence-corrected chi connectivity index (χ2v) is 6.92. The third-order valence-corrected chi connectivity index (χ3v) is 4.92. The Bertz CT molecular complexity index is 659. The minimum Gasteiger partial charge on any atom is -0.339 e. The van der Waals surface area contributed by atoms with Crippen molar-refractivity contribution in [1.29, 1.82) is 0 Å². The van der Waals surface area contributed by atoms with Crippen LogP contribution < -0.4 is 0 Å². The second kappa shape index (κ2) is 7.17. The molecule has 0 spiro atoms. The van der Waals surface area contributed by atoms with Crippen LogP contribution in [0.15, 0.2) is 34.9 Å². The van der Waals surface area contributed by atoms with Crippen LogP contribution in [0.3, 0.4) is 0 Å². The van der Waals surface area contributed by atoms with Gasteiger partial charge in [-0.05, 0) is 11.8 Å². The summed E-state index contributed by atoms with van der Waals surface area (Å²) >= 11 is 1.76. The van der Waals surface area contributed by atoms with E-state index in [4.69, 9.17) is 4.52 Å². The molecule has 122 valence electrons. The minimum atomic E-state index is 0.0326. The van der Waals surface area contributed by atoms with Crippen LogP contribution >= 0.6 is 11.8 Å².